The minimum absolute atomic E-state index is 0.129. The molecule has 3 nitrogen and oxygen atoms in total. The quantitative estimate of drug-likeness (QED) is 0.842. The fraction of sp³-hybridized carbons (Fsp3) is 0.462. The number of carboxylic acids is 1. The monoisotopic (exact) mass is 289 g/mol. The highest BCUT2D eigenvalue weighted by Crippen LogP contribution is 2.31. The lowest BCUT2D eigenvalue weighted by Crippen LogP contribution is -2.25. The van der Waals surface area contributed by atoms with Gasteiger partial charge in [0.2, 0.25) is 0 Å². The first-order chi connectivity index (χ1) is 8.49. The zero-order valence-electron chi connectivity index (χ0n) is 10.2. The molecule has 0 radical (unpaired) electrons. The van der Waals surface area contributed by atoms with Gasteiger partial charge >= 0.3 is 5.97 Å². The SMILES string of the molecule is CCC(CC(CN)C(=O)O)c1ccc(Cl)c(Cl)c1. The van der Waals surface area contributed by atoms with Crippen LogP contribution in [0.5, 0.6) is 0 Å². The van der Waals surface area contributed by atoms with Crippen molar-refractivity contribution in [2.45, 2.75) is 25.7 Å². The van der Waals surface area contributed by atoms with Crippen LogP contribution in [0.1, 0.15) is 31.2 Å². The smallest absolute Gasteiger partial charge is 0.307 e. The van der Waals surface area contributed by atoms with Gasteiger partial charge in [-0.3, -0.25) is 4.79 Å². The van der Waals surface area contributed by atoms with Gasteiger partial charge in [0.1, 0.15) is 0 Å². The summed E-state index contributed by atoms with van der Waals surface area (Å²) in [6.45, 7) is 2.16. The maximum atomic E-state index is 11.0. The highest BCUT2D eigenvalue weighted by atomic mass is 35.5. The molecule has 1 rings (SSSR count). The van der Waals surface area contributed by atoms with E-state index in [0.29, 0.717) is 16.5 Å². The number of hydrogen-bond donors (Lipinski definition) is 2. The molecule has 0 saturated heterocycles. The van der Waals surface area contributed by atoms with Gasteiger partial charge in [0.05, 0.1) is 16.0 Å². The van der Waals surface area contributed by atoms with E-state index in [4.69, 9.17) is 34.0 Å². The van der Waals surface area contributed by atoms with Crippen LogP contribution in [0.4, 0.5) is 0 Å². The molecule has 0 fully saturated rings. The molecule has 0 saturated carbocycles. The molecular formula is C13H17Cl2NO2. The number of nitrogens with two attached hydrogens (primary N) is 1. The molecule has 0 aliphatic heterocycles. The Morgan fingerprint density at radius 3 is 2.50 bits per heavy atom. The lowest BCUT2D eigenvalue weighted by molar-refractivity contribution is -0.141. The summed E-state index contributed by atoms with van der Waals surface area (Å²) in [6.07, 6.45) is 1.35. The van der Waals surface area contributed by atoms with Crippen molar-refractivity contribution >= 4 is 29.2 Å². The molecule has 0 aromatic heterocycles. The second-order valence-electron chi connectivity index (χ2n) is 4.29. The van der Waals surface area contributed by atoms with Crippen LogP contribution >= 0.6 is 23.2 Å². The van der Waals surface area contributed by atoms with E-state index in [-0.39, 0.29) is 12.5 Å². The fourth-order valence-electron chi connectivity index (χ4n) is 1.95. The Kier molecular flexibility index (Phi) is 5.93. The maximum absolute atomic E-state index is 11.0. The molecule has 2 unspecified atom stereocenters. The number of carbonyl (C=O) groups is 1. The number of benzene rings is 1. The largest absolute Gasteiger partial charge is 0.481 e. The van der Waals surface area contributed by atoms with Crippen molar-refractivity contribution in [3.05, 3.63) is 33.8 Å². The molecule has 1 aromatic carbocycles. The first-order valence-electron chi connectivity index (χ1n) is 5.87. The fourth-order valence-corrected chi connectivity index (χ4v) is 2.25. The molecule has 0 spiro atoms. The van der Waals surface area contributed by atoms with Crippen LogP contribution in [0, 0.1) is 5.92 Å². The van der Waals surface area contributed by atoms with E-state index in [2.05, 4.69) is 0 Å². The molecule has 5 heteroatoms. The van der Waals surface area contributed by atoms with Gasteiger partial charge in [0.15, 0.2) is 0 Å². The Labute approximate surface area is 117 Å². The minimum Gasteiger partial charge on any atom is -0.481 e. The predicted octanol–water partition coefficient (Wildman–Crippen LogP) is 3.54. The molecule has 18 heavy (non-hydrogen) atoms. The molecule has 2 atom stereocenters. The van der Waals surface area contributed by atoms with Gasteiger partial charge in [0.25, 0.3) is 0 Å². The lowest BCUT2D eigenvalue weighted by atomic mass is 9.87. The molecule has 0 aliphatic rings. The number of hydrogen-bond acceptors (Lipinski definition) is 2. The van der Waals surface area contributed by atoms with E-state index < -0.39 is 11.9 Å². The van der Waals surface area contributed by atoms with Crippen molar-refractivity contribution in [2.24, 2.45) is 11.7 Å². The minimum atomic E-state index is -0.851. The summed E-state index contributed by atoms with van der Waals surface area (Å²) in [5.74, 6) is -1.25. The average molecular weight is 290 g/mol. The zero-order chi connectivity index (χ0) is 13.7. The van der Waals surface area contributed by atoms with Crippen LogP contribution in [-0.2, 0) is 4.79 Å². The Bertz CT molecular complexity index is 423. The lowest BCUT2D eigenvalue weighted by Gasteiger charge is -2.19. The van der Waals surface area contributed by atoms with E-state index in [1.54, 1.807) is 12.1 Å². The van der Waals surface area contributed by atoms with E-state index in [1.165, 1.54) is 0 Å². The zero-order valence-corrected chi connectivity index (χ0v) is 11.7. The van der Waals surface area contributed by atoms with E-state index in [1.807, 2.05) is 13.0 Å². The third-order valence-electron chi connectivity index (χ3n) is 3.11. The highest BCUT2D eigenvalue weighted by molar-refractivity contribution is 6.42. The van der Waals surface area contributed by atoms with E-state index >= 15 is 0 Å². The molecule has 0 heterocycles. The molecule has 100 valence electrons. The Balaban J connectivity index is 2.88. The third-order valence-corrected chi connectivity index (χ3v) is 3.85. The molecule has 0 bridgehead atoms. The summed E-state index contributed by atoms with van der Waals surface area (Å²) in [6, 6.07) is 5.42. The van der Waals surface area contributed by atoms with Gasteiger partial charge < -0.3 is 10.8 Å². The third kappa shape index (κ3) is 3.87. The molecule has 0 aliphatic carbocycles. The summed E-state index contributed by atoms with van der Waals surface area (Å²) in [5, 5.41) is 10.0. The summed E-state index contributed by atoms with van der Waals surface area (Å²) >= 11 is 11.8. The van der Waals surface area contributed by atoms with Crippen LogP contribution in [0.3, 0.4) is 0 Å². The highest BCUT2D eigenvalue weighted by Gasteiger charge is 2.21. The van der Waals surface area contributed by atoms with E-state index in [9.17, 15) is 4.79 Å². The van der Waals surface area contributed by atoms with Gasteiger partial charge in [-0.1, -0.05) is 36.2 Å². The molecule has 3 N–H and O–H groups in total. The Morgan fingerprint density at radius 1 is 1.39 bits per heavy atom. The van der Waals surface area contributed by atoms with Crippen LogP contribution in [0.2, 0.25) is 10.0 Å². The summed E-state index contributed by atoms with van der Waals surface area (Å²) < 4.78 is 0. The topological polar surface area (TPSA) is 63.3 Å². The number of aliphatic carboxylic acids is 1. The average Bonchev–Trinajstić information content (AvgIpc) is 2.34. The van der Waals surface area contributed by atoms with Crippen molar-refractivity contribution in [2.75, 3.05) is 6.54 Å². The van der Waals surface area contributed by atoms with Crippen LogP contribution in [0.15, 0.2) is 18.2 Å². The number of rotatable bonds is 6. The second kappa shape index (κ2) is 6.98. The molecule has 0 amide bonds. The first-order valence-corrected chi connectivity index (χ1v) is 6.63. The Hall–Kier alpha value is -0.770. The molecular weight excluding hydrogens is 273 g/mol. The van der Waals surface area contributed by atoms with Gasteiger partial charge in [-0.25, -0.2) is 0 Å². The number of halogens is 2. The maximum Gasteiger partial charge on any atom is 0.307 e. The Morgan fingerprint density at radius 2 is 2.06 bits per heavy atom. The van der Waals surface area contributed by atoms with E-state index in [0.717, 1.165) is 12.0 Å². The normalized spacial score (nSPS) is 14.2. The predicted molar refractivity (Wildman–Crippen MR) is 74.3 cm³/mol. The van der Waals surface area contributed by atoms with Crippen LogP contribution < -0.4 is 5.73 Å². The van der Waals surface area contributed by atoms with Gasteiger partial charge in [-0.15, -0.1) is 0 Å². The molecule has 1 aromatic rings. The van der Waals surface area contributed by atoms with Gasteiger partial charge in [-0.2, -0.15) is 0 Å². The van der Waals surface area contributed by atoms with Gasteiger partial charge in [0, 0.05) is 6.54 Å². The summed E-state index contributed by atoms with van der Waals surface area (Å²) in [5.41, 5.74) is 6.49. The summed E-state index contributed by atoms with van der Waals surface area (Å²) in [7, 11) is 0. The van der Waals surface area contributed by atoms with Gasteiger partial charge in [-0.05, 0) is 36.5 Å². The van der Waals surface area contributed by atoms with Crippen LogP contribution in [-0.4, -0.2) is 17.6 Å². The van der Waals surface area contributed by atoms with Crippen molar-refractivity contribution < 1.29 is 9.90 Å². The van der Waals surface area contributed by atoms with Crippen molar-refractivity contribution in [1.82, 2.24) is 0 Å². The number of carboxylic acid groups (broad SMARTS) is 1. The second-order valence-corrected chi connectivity index (χ2v) is 5.10. The summed E-state index contributed by atoms with van der Waals surface area (Å²) in [4.78, 5) is 11.0. The standard InChI is InChI=1S/C13H17Cl2NO2/c1-2-8(5-10(7-16)13(17)18)9-3-4-11(14)12(15)6-9/h3-4,6,8,10H,2,5,7,16H2,1H3,(H,17,18). The first kappa shape index (κ1) is 15.3. The van der Waals surface area contributed by atoms with Crippen molar-refractivity contribution in [1.29, 1.82) is 0 Å². The van der Waals surface area contributed by atoms with Crippen molar-refractivity contribution in [3.8, 4) is 0 Å². The van der Waals surface area contributed by atoms with Crippen LogP contribution in [0.25, 0.3) is 0 Å². The van der Waals surface area contributed by atoms with Crippen molar-refractivity contribution in [3.63, 3.8) is 0 Å².